The van der Waals surface area contributed by atoms with Gasteiger partial charge in [-0.3, -0.25) is 0 Å². The van der Waals surface area contributed by atoms with Crippen LogP contribution in [0.3, 0.4) is 0 Å². The zero-order chi connectivity index (χ0) is 10.5. The van der Waals surface area contributed by atoms with Crippen molar-refractivity contribution in [3.8, 4) is 0 Å². The minimum atomic E-state index is 0.710. The lowest BCUT2D eigenvalue weighted by atomic mass is 10.0. The van der Waals surface area contributed by atoms with Crippen molar-refractivity contribution < 1.29 is 4.74 Å². The predicted octanol–water partition coefficient (Wildman–Crippen LogP) is 3.03. The third-order valence-corrected chi connectivity index (χ3v) is 4.24. The molecular formula is C11H16BrNOS. The Morgan fingerprint density at radius 1 is 1.53 bits per heavy atom. The Kier molecular flexibility index (Phi) is 4.62. The van der Waals surface area contributed by atoms with Crippen molar-refractivity contribution in [2.75, 3.05) is 19.8 Å². The summed E-state index contributed by atoms with van der Waals surface area (Å²) in [4.78, 5) is 1.39. The molecule has 1 aromatic rings. The van der Waals surface area contributed by atoms with Crippen molar-refractivity contribution in [1.82, 2.24) is 5.32 Å². The molecule has 1 saturated heterocycles. The van der Waals surface area contributed by atoms with Gasteiger partial charge in [0, 0.05) is 24.6 Å². The molecule has 1 aromatic heterocycles. The smallest absolute Gasteiger partial charge is 0.0701 e. The van der Waals surface area contributed by atoms with Gasteiger partial charge in [0.15, 0.2) is 0 Å². The minimum absolute atomic E-state index is 0.710. The van der Waals surface area contributed by atoms with E-state index in [1.54, 1.807) is 11.3 Å². The summed E-state index contributed by atoms with van der Waals surface area (Å²) in [6, 6.07) is 4.27. The van der Waals surface area contributed by atoms with Crippen LogP contribution in [0.4, 0.5) is 0 Å². The fraction of sp³-hybridized carbons (Fsp3) is 0.636. The predicted molar refractivity (Wildman–Crippen MR) is 67.3 cm³/mol. The average Bonchev–Trinajstić information content (AvgIpc) is 2.66. The molecule has 1 N–H and O–H groups in total. The van der Waals surface area contributed by atoms with E-state index in [4.69, 9.17) is 4.74 Å². The topological polar surface area (TPSA) is 21.3 Å². The van der Waals surface area contributed by atoms with E-state index in [0.29, 0.717) is 5.92 Å². The van der Waals surface area contributed by atoms with Crippen molar-refractivity contribution in [1.29, 1.82) is 0 Å². The molecule has 0 radical (unpaired) electrons. The third kappa shape index (κ3) is 3.87. The van der Waals surface area contributed by atoms with E-state index in [2.05, 4.69) is 33.4 Å². The second kappa shape index (κ2) is 5.99. The quantitative estimate of drug-likeness (QED) is 0.920. The van der Waals surface area contributed by atoms with Crippen LogP contribution < -0.4 is 5.32 Å². The maximum Gasteiger partial charge on any atom is 0.0701 e. The first-order valence-electron chi connectivity index (χ1n) is 5.37. The SMILES string of the molecule is Brc1ccc(CNCC2CCCOC2)s1. The third-order valence-electron chi connectivity index (χ3n) is 2.62. The van der Waals surface area contributed by atoms with Gasteiger partial charge in [-0.1, -0.05) is 0 Å². The normalized spacial score (nSPS) is 21.8. The van der Waals surface area contributed by atoms with Gasteiger partial charge in [0.2, 0.25) is 0 Å². The Morgan fingerprint density at radius 3 is 3.13 bits per heavy atom. The maximum absolute atomic E-state index is 5.44. The van der Waals surface area contributed by atoms with E-state index >= 15 is 0 Å². The van der Waals surface area contributed by atoms with Crippen LogP contribution >= 0.6 is 27.3 Å². The second-order valence-corrected chi connectivity index (χ2v) is 6.47. The molecule has 4 heteroatoms. The second-order valence-electron chi connectivity index (χ2n) is 3.92. The Morgan fingerprint density at radius 2 is 2.47 bits per heavy atom. The molecule has 0 bridgehead atoms. The molecule has 1 aliphatic rings. The largest absolute Gasteiger partial charge is 0.381 e. The Hall–Kier alpha value is 0.1000. The molecule has 1 unspecified atom stereocenters. The van der Waals surface area contributed by atoms with Crippen molar-refractivity contribution in [2.24, 2.45) is 5.92 Å². The first kappa shape index (κ1) is 11.6. The summed E-state index contributed by atoms with van der Waals surface area (Å²) in [5, 5.41) is 3.49. The summed E-state index contributed by atoms with van der Waals surface area (Å²) in [7, 11) is 0. The van der Waals surface area contributed by atoms with E-state index in [9.17, 15) is 0 Å². The summed E-state index contributed by atoms with van der Waals surface area (Å²) in [5.74, 6) is 0.710. The summed E-state index contributed by atoms with van der Waals surface area (Å²) in [6.07, 6.45) is 2.53. The molecule has 0 amide bonds. The van der Waals surface area contributed by atoms with Crippen molar-refractivity contribution in [2.45, 2.75) is 19.4 Å². The van der Waals surface area contributed by atoms with Crippen LogP contribution in [0.1, 0.15) is 17.7 Å². The summed E-state index contributed by atoms with van der Waals surface area (Å²) >= 11 is 5.27. The lowest BCUT2D eigenvalue weighted by Gasteiger charge is -2.22. The van der Waals surface area contributed by atoms with Crippen LogP contribution in [0.2, 0.25) is 0 Å². The van der Waals surface area contributed by atoms with Gasteiger partial charge < -0.3 is 10.1 Å². The van der Waals surface area contributed by atoms with Crippen LogP contribution in [0.15, 0.2) is 15.9 Å². The van der Waals surface area contributed by atoms with Crippen molar-refractivity contribution >= 4 is 27.3 Å². The summed E-state index contributed by atoms with van der Waals surface area (Å²) < 4.78 is 6.65. The van der Waals surface area contributed by atoms with E-state index < -0.39 is 0 Å². The molecule has 2 heterocycles. The van der Waals surface area contributed by atoms with Crippen LogP contribution in [0.5, 0.6) is 0 Å². The zero-order valence-corrected chi connectivity index (χ0v) is 11.1. The lowest BCUT2D eigenvalue weighted by Crippen LogP contribution is -2.28. The molecule has 15 heavy (non-hydrogen) atoms. The van der Waals surface area contributed by atoms with Gasteiger partial charge in [-0.25, -0.2) is 0 Å². The van der Waals surface area contributed by atoms with Crippen LogP contribution in [0, 0.1) is 5.92 Å². The Bertz CT molecular complexity index is 297. The number of rotatable bonds is 4. The number of hydrogen-bond donors (Lipinski definition) is 1. The molecule has 0 spiro atoms. The van der Waals surface area contributed by atoms with Gasteiger partial charge in [-0.15, -0.1) is 11.3 Å². The highest BCUT2D eigenvalue weighted by Crippen LogP contribution is 2.21. The number of nitrogens with one attached hydrogen (secondary N) is 1. The molecule has 84 valence electrons. The number of thiophene rings is 1. The molecule has 0 saturated carbocycles. The van der Waals surface area contributed by atoms with Gasteiger partial charge in [0.05, 0.1) is 10.4 Å². The van der Waals surface area contributed by atoms with Crippen molar-refractivity contribution in [3.05, 3.63) is 20.8 Å². The van der Waals surface area contributed by atoms with E-state index in [1.165, 1.54) is 21.5 Å². The maximum atomic E-state index is 5.44. The van der Waals surface area contributed by atoms with Crippen molar-refractivity contribution in [3.63, 3.8) is 0 Å². The fourth-order valence-electron chi connectivity index (χ4n) is 1.81. The van der Waals surface area contributed by atoms with Gasteiger partial charge in [-0.2, -0.15) is 0 Å². The number of hydrogen-bond acceptors (Lipinski definition) is 3. The molecule has 2 nitrogen and oxygen atoms in total. The molecular weight excluding hydrogens is 274 g/mol. The first-order valence-corrected chi connectivity index (χ1v) is 6.98. The highest BCUT2D eigenvalue weighted by atomic mass is 79.9. The summed E-state index contributed by atoms with van der Waals surface area (Å²) in [6.45, 7) is 3.94. The molecule has 0 aromatic carbocycles. The zero-order valence-electron chi connectivity index (χ0n) is 8.67. The monoisotopic (exact) mass is 289 g/mol. The van der Waals surface area contributed by atoms with E-state index in [0.717, 1.165) is 26.3 Å². The first-order chi connectivity index (χ1) is 7.34. The Balaban J connectivity index is 1.65. The average molecular weight is 290 g/mol. The summed E-state index contributed by atoms with van der Waals surface area (Å²) in [5.41, 5.74) is 0. The molecule has 0 aliphatic carbocycles. The van der Waals surface area contributed by atoms with Crippen LogP contribution in [-0.4, -0.2) is 19.8 Å². The minimum Gasteiger partial charge on any atom is -0.381 e. The highest BCUT2D eigenvalue weighted by molar-refractivity contribution is 9.11. The molecule has 2 rings (SSSR count). The highest BCUT2D eigenvalue weighted by Gasteiger charge is 2.12. The molecule has 1 fully saturated rings. The lowest BCUT2D eigenvalue weighted by molar-refractivity contribution is 0.0548. The van der Waals surface area contributed by atoms with Gasteiger partial charge in [0.25, 0.3) is 0 Å². The van der Waals surface area contributed by atoms with Gasteiger partial charge in [-0.05, 0) is 46.8 Å². The number of halogens is 1. The molecule has 1 atom stereocenters. The Labute approximate surface area is 103 Å². The van der Waals surface area contributed by atoms with Gasteiger partial charge >= 0.3 is 0 Å². The van der Waals surface area contributed by atoms with Crippen LogP contribution in [-0.2, 0) is 11.3 Å². The van der Waals surface area contributed by atoms with E-state index in [-0.39, 0.29) is 0 Å². The molecule has 1 aliphatic heterocycles. The standard InChI is InChI=1S/C11H16BrNOS/c12-11-4-3-10(15-11)7-13-6-9-2-1-5-14-8-9/h3-4,9,13H,1-2,5-8H2. The van der Waals surface area contributed by atoms with E-state index in [1.807, 2.05) is 0 Å². The number of ether oxygens (including phenoxy) is 1. The van der Waals surface area contributed by atoms with Crippen LogP contribution in [0.25, 0.3) is 0 Å². The fourth-order valence-corrected chi connectivity index (χ4v) is 3.27. The van der Waals surface area contributed by atoms with Gasteiger partial charge in [0.1, 0.15) is 0 Å².